The van der Waals surface area contributed by atoms with Gasteiger partial charge in [-0.3, -0.25) is 4.68 Å². The van der Waals surface area contributed by atoms with Gasteiger partial charge >= 0.3 is 6.98 Å². The van der Waals surface area contributed by atoms with Gasteiger partial charge in [0.1, 0.15) is 6.61 Å². The molecule has 0 atom stereocenters. The monoisotopic (exact) mass is 287 g/mol. The Kier molecular flexibility index (Phi) is 4.01. The van der Waals surface area contributed by atoms with Crippen LogP contribution in [0.1, 0.15) is 12.5 Å². The largest absolute Gasteiger partial charge is 0.509 e. The molecule has 2 aromatic rings. The van der Waals surface area contributed by atoms with Crippen LogP contribution in [0.2, 0.25) is 0 Å². The molecule has 0 aliphatic rings. The molecule has 0 radical (unpaired) electrons. The van der Waals surface area contributed by atoms with Crippen LogP contribution in [0.15, 0.2) is 30.6 Å². The molecule has 0 fully saturated rings. The van der Waals surface area contributed by atoms with E-state index in [1.54, 1.807) is 10.9 Å². The summed E-state index contributed by atoms with van der Waals surface area (Å²) >= 11 is 0. The lowest BCUT2D eigenvalue weighted by molar-refractivity contribution is 0.290. The first kappa shape index (κ1) is 14.4. The normalized spacial score (nSPS) is 11.7. The summed E-state index contributed by atoms with van der Waals surface area (Å²) < 4.78 is 57.9. The molecule has 0 aliphatic heterocycles. The predicted octanol–water partition coefficient (Wildman–Crippen LogP) is 2.68. The van der Waals surface area contributed by atoms with E-state index in [1.165, 1.54) is 6.20 Å². The van der Waals surface area contributed by atoms with Gasteiger partial charge in [-0.25, -0.2) is 4.39 Å². The van der Waals surface area contributed by atoms with Crippen LogP contribution in [0, 0.1) is 5.82 Å². The highest BCUT2D eigenvalue weighted by atomic mass is 19.4. The Hall–Kier alpha value is -1.99. The molecule has 20 heavy (non-hydrogen) atoms. The predicted molar refractivity (Wildman–Crippen MR) is 67.3 cm³/mol. The Bertz CT molecular complexity index is 597. The molecule has 8 heteroatoms. The highest BCUT2D eigenvalue weighted by Crippen LogP contribution is 2.19. The van der Waals surface area contributed by atoms with Gasteiger partial charge in [-0.1, -0.05) is 6.07 Å². The van der Waals surface area contributed by atoms with E-state index in [0.29, 0.717) is 24.2 Å². The van der Waals surface area contributed by atoms with Gasteiger partial charge in [-0.05, 0) is 19.1 Å². The van der Waals surface area contributed by atoms with Gasteiger partial charge < -0.3 is 17.7 Å². The van der Waals surface area contributed by atoms with Crippen LogP contribution in [0.3, 0.4) is 0 Å². The third-order valence-corrected chi connectivity index (χ3v) is 2.74. The van der Waals surface area contributed by atoms with E-state index in [2.05, 4.69) is 5.10 Å². The van der Waals surface area contributed by atoms with Crippen molar-refractivity contribution in [3.63, 3.8) is 0 Å². The third-order valence-electron chi connectivity index (χ3n) is 2.74. The van der Waals surface area contributed by atoms with Crippen LogP contribution < -0.4 is 10.2 Å². The summed E-state index contributed by atoms with van der Waals surface area (Å²) in [6.45, 7) is -2.65. The molecule has 0 aliphatic carbocycles. The van der Waals surface area contributed by atoms with Crippen LogP contribution in [0.5, 0.6) is 5.75 Å². The number of rotatable bonds is 5. The fourth-order valence-corrected chi connectivity index (χ4v) is 1.65. The Morgan fingerprint density at radius 2 is 2.05 bits per heavy atom. The number of hydrogen-bond donors (Lipinski definition) is 0. The molecule has 0 N–H and O–H groups in total. The van der Waals surface area contributed by atoms with Crippen LogP contribution in [0.25, 0.3) is 0 Å². The maximum Gasteiger partial charge on any atom is 0.509 e. The molecule has 1 aromatic carbocycles. The molecule has 1 aromatic heterocycles. The summed E-state index contributed by atoms with van der Waals surface area (Å²) in [6, 6.07) is 2.15. The van der Waals surface area contributed by atoms with E-state index in [1.807, 2.05) is 6.92 Å². The van der Waals surface area contributed by atoms with Gasteiger partial charge in [0.25, 0.3) is 0 Å². The van der Waals surface area contributed by atoms with Crippen LogP contribution in [0.4, 0.5) is 17.3 Å². The smallest absolute Gasteiger partial charge is 0.486 e. The molecule has 3 nitrogen and oxygen atoms in total. The summed E-state index contributed by atoms with van der Waals surface area (Å²) in [7, 11) is 0. The molecule has 0 spiro atoms. The molecule has 108 valence electrons. The summed E-state index contributed by atoms with van der Waals surface area (Å²) in [4.78, 5) is 0. The average molecular weight is 287 g/mol. The Labute approximate surface area is 113 Å². The van der Waals surface area contributed by atoms with Crippen molar-refractivity contribution in [3.05, 3.63) is 42.0 Å². The van der Waals surface area contributed by atoms with Crippen molar-refractivity contribution in [1.29, 1.82) is 0 Å². The minimum Gasteiger partial charge on any atom is -0.486 e. The first-order chi connectivity index (χ1) is 9.40. The molecule has 0 bridgehead atoms. The molecular formula is C12H12BF4N2O-. The summed E-state index contributed by atoms with van der Waals surface area (Å²) in [6.07, 6.45) is 3.22. The lowest BCUT2D eigenvalue weighted by Crippen LogP contribution is -2.34. The highest BCUT2D eigenvalue weighted by molar-refractivity contribution is 6.73. The molecule has 0 saturated heterocycles. The minimum atomic E-state index is -5.17. The minimum absolute atomic E-state index is 0.0365. The highest BCUT2D eigenvalue weighted by Gasteiger charge is 2.26. The zero-order chi connectivity index (χ0) is 14.8. The SMILES string of the molecule is CCn1cc(COc2cc([B-](F)(F)F)ccc2F)cn1. The molecule has 0 amide bonds. The van der Waals surface area contributed by atoms with Crippen molar-refractivity contribution in [3.8, 4) is 5.75 Å². The number of ether oxygens (including phenoxy) is 1. The number of hydrogen-bond acceptors (Lipinski definition) is 2. The first-order valence-electron chi connectivity index (χ1n) is 6.03. The van der Waals surface area contributed by atoms with Crippen LogP contribution >= 0.6 is 0 Å². The maximum absolute atomic E-state index is 13.4. The Morgan fingerprint density at radius 3 is 2.65 bits per heavy atom. The number of nitrogens with zero attached hydrogens (tertiary/aromatic N) is 2. The van der Waals surface area contributed by atoms with E-state index in [0.717, 1.165) is 6.07 Å². The third kappa shape index (κ3) is 3.31. The molecule has 0 saturated carbocycles. The van der Waals surface area contributed by atoms with Gasteiger partial charge in [-0.15, -0.1) is 5.46 Å². The van der Waals surface area contributed by atoms with Crippen LogP contribution in [-0.4, -0.2) is 16.8 Å². The van der Waals surface area contributed by atoms with Crippen molar-refractivity contribution < 1.29 is 22.1 Å². The van der Waals surface area contributed by atoms with Gasteiger partial charge in [0.05, 0.1) is 6.20 Å². The lowest BCUT2D eigenvalue weighted by atomic mass is 9.80. The molecular weight excluding hydrogens is 275 g/mol. The second-order valence-electron chi connectivity index (χ2n) is 4.26. The Balaban J connectivity index is 2.12. The fourth-order valence-electron chi connectivity index (χ4n) is 1.65. The van der Waals surface area contributed by atoms with Crippen LogP contribution in [-0.2, 0) is 13.2 Å². The quantitative estimate of drug-likeness (QED) is 0.624. The van der Waals surface area contributed by atoms with Crippen molar-refractivity contribution >= 4 is 12.4 Å². The van der Waals surface area contributed by atoms with Gasteiger partial charge in [0.2, 0.25) is 0 Å². The van der Waals surface area contributed by atoms with Crippen molar-refractivity contribution in [1.82, 2.24) is 9.78 Å². The standard InChI is InChI=1S/C12H12BF4N2O/c1-2-19-7-9(6-18-19)8-20-12-5-10(13(15,16)17)3-4-11(12)14/h3-7H,2,8H2,1H3/q-1. The summed E-state index contributed by atoms with van der Waals surface area (Å²) in [5.74, 6) is -1.23. The van der Waals surface area contributed by atoms with Crippen molar-refractivity contribution in [2.24, 2.45) is 0 Å². The fraction of sp³-hybridized carbons (Fsp3) is 0.250. The van der Waals surface area contributed by atoms with E-state index >= 15 is 0 Å². The number of aryl methyl sites for hydroxylation is 1. The molecule has 0 unspecified atom stereocenters. The van der Waals surface area contributed by atoms with Crippen molar-refractivity contribution in [2.45, 2.75) is 20.1 Å². The molecule has 1 heterocycles. The summed E-state index contributed by atoms with van der Waals surface area (Å²) in [5, 5.41) is 3.99. The summed E-state index contributed by atoms with van der Waals surface area (Å²) in [5.41, 5.74) is -0.222. The van der Waals surface area contributed by atoms with Gasteiger partial charge in [0, 0.05) is 18.3 Å². The maximum atomic E-state index is 13.4. The number of halogens is 4. The van der Waals surface area contributed by atoms with E-state index in [9.17, 15) is 17.3 Å². The Morgan fingerprint density at radius 1 is 1.30 bits per heavy atom. The zero-order valence-electron chi connectivity index (χ0n) is 10.7. The lowest BCUT2D eigenvalue weighted by Gasteiger charge is -2.16. The average Bonchev–Trinajstić information content (AvgIpc) is 2.84. The van der Waals surface area contributed by atoms with E-state index in [-0.39, 0.29) is 6.61 Å². The van der Waals surface area contributed by atoms with E-state index < -0.39 is 24.0 Å². The number of aromatic nitrogens is 2. The second-order valence-corrected chi connectivity index (χ2v) is 4.26. The second kappa shape index (κ2) is 5.56. The number of benzene rings is 1. The molecule has 2 rings (SSSR count). The van der Waals surface area contributed by atoms with Gasteiger partial charge in [-0.2, -0.15) is 5.10 Å². The van der Waals surface area contributed by atoms with E-state index in [4.69, 9.17) is 4.74 Å². The topological polar surface area (TPSA) is 27.1 Å². The van der Waals surface area contributed by atoms with Crippen molar-refractivity contribution in [2.75, 3.05) is 0 Å². The first-order valence-corrected chi connectivity index (χ1v) is 6.03. The zero-order valence-corrected chi connectivity index (χ0v) is 10.7. The van der Waals surface area contributed by atoms with Gasteiger partial charge in [0.15, 0.2) is 11.6 Å².